The minimum Gasteiger partial charge on any atom is -0.399 e. The Morgan fingerprint density at radius 1 is 1.32 bits per heavy atom. The molecule has 0 atom stereocenters. The van der Waals surface area contributed by atoms with E-state index in [1.54, 1.807) is 25.1 Å². The van der Waals surface area contributed by atoms with Crippen molar-refractivity contribution in [1.82, 2.24) is 0 Å². The second-order valence-corrected chi connectivity index (χ2v) is 6.83. The van der Waals surface area contributed by atoms with Crippen LogP contribution in [0.2, 0.25) is 0 Å². The van der Waals surface area contributed by atoms with Gasteiger partial charge in [-0.3, -0.25) is 4.79 Å². The average Bonchev–Trinajstić information content (AvgIpc) is 2.31. The molecule has 6 heteroatoms. The number of carbonyl (C=O) groups excluding carboxylic acids is 1. The second-order valence-electron chi connectivity index (χ2n) is 4.52. The van der Waals surface area contributed by atoms with Gasteiger partial charge in [0, 0.05) is 23.5 Å². The number of hydrogen-bond donors (Lipinski definition) is 2. The highest BCUT2D eigenvalue weighted by molar-refractivity contribution is 7.91. The molecule has 0 spiro atoms. The Morgan fingerprint density at radius 3 is 2.63 bits per heavy atom. The molecule has 0 fully saturated rings. The first-order valence-corrected chi connectivity index (χ1v) is 8.02. The van der Waals surface area contributed by atoms with Crippen molar-refractivity contribution >= 4 is 27.1 Å². The van der Waals surface area contributed by atoms with Gasteiger partial charge in [-0.05, 0) is 31.0 Å². The van der Waals surface area contributed by atoms with Crippen molar-refractivity contribution in [3.8, 4) is 0 Å². The maximum Gasteiger partial charge on any atom is 0.225 e. The van der Waals surface area contributed by atoms with Gasteiger partial charge < -0.3 is 11.1 Å². The van der Waals surface area contributed by atoms with Gasteiger partial charge in [-0.1, -0.05) is 13.0 Å². The number of carbonyl (C=O) groups is 1. The summed E-state index contributed by atoms with van der Waals surface area (Å²) in [5, 5.41) is 2.68. The lowest BCUT2D eigenvalue weighted by Crippen LogP contribution is -2.19. The highest BCUT2D eigenvalue weighted by Gasteiger charge is 2.13. The Balaban J connectivity index is 2.59. The Morgan fingerprint density at radius 2 is 2.00 bits per heavy atom. The Kier molecular flexibility index (Phi) is 5.35. The van der Waals surface area contributed by atoms with Gasteiger partial charge in [0.2, 0.25) is 5.91 Å². The zero-order valence-corrected chi connectivity index (χ0v) is 12.1. The van der Waals surface area contributed by atoms with Gasteiger partial charge in [0.15, 0.2) is 9.84 Å². The molecule has 1 amide bonds. The monoisotopic (exact) mass is 284 g/mol. The molecule has 0 saturated carbocycles. The predicted molar refractivity (Wildman–Crippen MR) is 77.8 cm³/mol. The SMILES string of the molecule is CCCS(=O)(=O)CCC(=O)Nc1cc(N)ccc1C. The molecular weight excluding hydrogens is 264 g/mol. The van der Waals surface area contributed by atoms with Crippen LogP contribution in [0.15, 0.2) is 18.2 Å². The molecule has 1 aromatic carbocycles. The highest BCUT2D eigenvalue weighted by Crippen LogP contribution is 2.18. The van der Waals surface area contributed by atoms with Gasteiger partial charge in [-0.2, -0.15) is 0 Å². The molecule has 0 heterocycles. The summed E-state index contributed by atoms with van der Waals surface area (Å²) >= 11 is 0. The minimum absolute atomic E-state index is 0.0312. The van der Waals surface area contributed by atoms with E-state index in [9.17, 15) is 13.2 Å². The van der Waals surface area contributed by atoms with Crippen LogP contribution < -0.4 is 11.1 Å². The first kappa shape index (κ1) is 15.5. The van der Waals surface area contributed by atoms with Crippen molar-refractivity contribution in [1.29, 1.82) is 0 Å². The van der Waals surface area contributed by atoms with Crippen LogP contribution in [0.3, 0.4) is 0 Å². The molecular formula is C13H20N2O3S. The van der Waals surface area contributed by atoms with Crippen molar-refractivity contribution in [3.63, 3.8) is 0 Å². The molecule has 0 bridgehead atoms. The van der Waals surface area contributed by atoms with Crippen LogP contribution in [0, 0.1) is 6.92 Å². The third-order valence-corrected chi connectivity index (χ3v) is 4.55. The topological polar surface area (TPSA) is 89.3 Å². The molecule has 0 aliphatic rings. The number of nitrogen functional groups attached to an aromatic ring is 1. The summed E-state index contributed by atoms with van der Waals surface area (Å²) in [6, 6.07) is 5.21. The van der Waals surface area contributed by atoms with Crippen LogP contribution in [-0.4, -0.2) is 25.8 Å². The third-order valence-electron chi connectivity index (χ3n) is 2.69. The number of anilines is 2. The van der Waals surface area contributed by atoms with E-state index in [1.807, 2.05) is 6.92 Å². The molecule has 3 N–H and O–H groups in total. The first-order chi connectivity index (χ1) is 8.84. The van der Waals surface area contributed by atoms with E-state index >= 15 is 0 Å². The lowest BCUT2D eigenvalue weighted by Gasteiger charge is -2.09. The zero-order valence-electron chi connectivity index (χ0n) is 11.3. The zero-order chi connectivity index (χ0) is 14.5. The largest absolute Gasteiger partial charge is 0.399 e. The fourth-order valence-corrected chi connectivity index (χ4v) is 2.97. The predicted octanol–water partition coefficient (Wildman–Crippen LogP) is 1.73. The van der Waals surface area contributed by atoms with E-state index in [0.717, 1.165) is 5.56 Å². The van der Waals surface area contributed by atoms with E-state index in [1.165, 1.54) is 0 Å². The fourth-order valence-electron chi connectivity index (χ4n) is 1.65. The van der Waals surface area contributed by atoms with E-state index in [2.05, 4.69) is 5.32 Å². The molecule has 106 valence electrons. The van der Waals surface area contributed by atoms with Gasteiger partial charge in [0.25, 0.3) is 0 Å². The van der Waals surface area contributed by atoms with Gasteiger partial charge in [-0.15, -0.1) is 0 Å². The lowest BCUT2D eigenvalue weighted by atomic mass is 10.2. The van der Waals surface area contributed by atoms with Crippen LogP contribution in [0.5, 0.6) is 0 Å². The smallest absolute Gasteiger partial charge is 0.225 e. The normalized spacial score (nSPS) is 11.3. The maximum absolute atomic E-state index is 11.7. The summed E-state index contributed by atoms with van der Waals surface area (Å²) in [6.07, 6.45) is 0.537. The molecule has 0 aromatic heterocycles. The minimum atomic E-state index is -3.12. The maximum atomic E-state index is 11.7. The number of aryl methyl sites for hydroxylation is 1. The summed E-state index contributed by atoms with van der Waals surface area (Å²) in [5.74, 6) is -0.306. The Hall–Kier alpha value is -1.56. The summed E-state index contributed by atoms with van der Waals surface area (Å²) < 4.78 is 23.0. The standard InChI is InChI=1S/C13H20N2O3S/c1-3-7-19(17,18)8-6-13(16)15-12-9-11(14)5-4-10(12)2/h4-5,9H,3,6-8,14H2,1-2H3,(H,15,16). The van der Waals surface area contributed by atoms with E-state index in [0.29, 0.717) is 17.8 Å². The molecule has 0 aliphatic heterocycles. The van der Waals surface area contributed by atoms with Gasteiger partial charge >= 0.3 is 0 Å². The van der Waals surface area contributed by atoms with Crippen LogP contribution in [-0.2, 0) is 14.6 Å². The molecule has 0 saturated heterocycles. The summed E-state index contributed by atoms with van der Waals surface area (Å²) in [7, 11) is -3.12. The highest BCUT2D eigenvalue weighted by atomic mass is 32.2. The number of nitrogens with one attached hydrogen (secondary N) is 1. The molecule has 19 heavy (non-hydrogen) atoms. The van der Waals surface area contributed by atoms with Crippen LogP contribution in [0.25, 0.3) is 0 Å². The number of amides is 1. The number of hydrogen-bond acceptors (Lipinski definition) is 4. The van der Waals surface area contributed by atoms with Crippen molar-refractivity contribution in [3.05, 3.63) is 23.8 Å². The number of nitrogens with two attached hydrogens (primary N) is 1. The van der Waals surface area contributed by atoms with Crippen LogP contribution in [0.4, 0.5) is 11.4 Å². The van der Waals surface area contributed by atoms with Gasteiger partial charge in [0.1, 0.15) is 0 Å². The van der Waals surface area contributed by atoms with Crippen molar-refractivity contribution in [2.75, 3.05) is 22.6 Å². The molecule has 0 aliphatic carbocycles. The second kappa shape index (κ2) is 6.56. The Labute approximate surface area is 114 Å². The van der Waals surface area contributed by atoms with Gasteiger partial charge in [-0.25, -0.2) is 8.42 Å². The molecule has 0 unspecified atom stereocenters. The van der Waals surface area contributed by atoms with Crippen molar-refractivity contribution < 1.29 is 13.2 Å². The van der Waals surface area contributed by atoms with E-state index < -0.39 is 9.84 Å². The summed E-state index contributed by atoms with van der Waals surface area (Å²) in [4.78, 5) is 11.7. The Bertz CT molecular complexity index is 553. The number of sulfone groups is 1. The molecule has 1 aromatic rings. The van der Waals surface area contributed by atoms with Crippen molar-refractivity contribution in [2.45, 2.75) is 26.7 Å². The molecule has 1 rings (SSSR count). The van der Waals surface area contributed by atoms with Gasteiger partial charge in [0.05, 0.1) is 5.75 Å². The lowest BCUT2D eigenvalue weighted by molar-refractivity contribution is -0.115. The van der Waals surface area contributed by atoms with E-state index in [-0.39, 0.29) is 23.8 Å². The van der Waals surface area contributed by atoms with Crippen LogP contribution >= 0.6 is 0 Å². The molecule has 5 nitrogen and oxygen atoms in total. The number of rotatable bonds is 6. The van der Waals surface area contributed by atoms with E-state index in [4.69, 9.17) is 5.73 Å². The number of benzene rings is 1. The quantitative estimate of drug-likeness (QED) is 0.778. The average molecular weight is 284 g/mol. The summed E-state index contributed by atoms with van der Waals surface area (Å²) in [5.41, 5.74) is 7.70. The van der Waals surface area contributed by atoms with Crippen molar-refractivity contribution in [2.24, 2.45) is 0 Å². The first-order valence-electron chi connectivity index (χ1n) is 6.20. The third kappa shape index (κ3) is 5.30. The summed E-state index contributed by atoms with van der Waals surface area (Å²) in [6.45, 7) is 3.65. The van der Waals surface area contributed by atoms with Crippen LogP contribution in [0.1, 0.15) is 25.3 Å². The molecule has 0 radical (unpaired) electrons. The fraction of sp³-hybridized carbons (Fsp3) is 0.462.